The summed E-state index contributed by atoms with van der Waals surface area (Å²) in [5, 5.41) is 2.69. The SMILES string of the molecule is O=C(CCN1C(=O)CCC1=O)NCCI. The fraction of sp³-hybridized carbons (Fsp3) is 0.667. The molecule has 1 N–H and O–H groups in total. The van der Waals surface area contributed by atoms with Gasteiger partial charge in [0.15, 0.2) is 0 Å². The van der Waals surface area contributed by atoms with Crippen LogP contribution in [0.15, 0.2) is 0 Å². The number of imide groups is 1. The molecule has 0 aromatic rings. The van der Waals surface area contributed by atoms with E-state index in [4.69, 9.17) is 0 Å². The third kappa shape index (κ3) is 3.77. The van der Waals surface area contributed by atoms with E-state index in [0.717, 1.165) is 4.43 Å². The number of carbonyl (C=O) groups excluding carboxylic acids is 3. The van der Waals surface area contributed by atoms with Crippen LogP contribution in [0.1, 0.15) is 19.3 Å². The molecule has 1 aliphatic heterocycles. The lowest BCUT2D eigenvalue weighted by molar-refractivity contribution is -0.138. The molecule has 1 rings (SSSR count). The number of nitrogens with zero attached hydrogens (tertiary/aromatic N) is 1. The first-order valence-corrected chi connectivity index (χ1v) is 6.33. The van der Waals surface area contributed by atoms with Crippen LogP contribution in [0.2, 0.25) is 0 Å². The number of alkyl halides is 1. The summed E-state index contributed by atoms with van der Waals surface area (Å²) >= 11 is 2.16. The van der Waals surface area contributed by atoms with Crippen LogP contribution in [0.4, 0.5) is 0 Å². The lowest BCUT2D eigenvalue weighted by Crippen LogP contribution is -2.34. The van der Waals surface area contributed by atoms with Crippen LogP contribution in [0, 0.1) is 0 Å². The van der Waals surface area contributed by atoms with Gasteiger partial charge in [-0.3, -0.25) is 19.3 Å². The summed E-state index contributed by atoms with van der Waals surface area (Å²) in [7, 11) is 0. The van der Waals surface area contributed by atoms with E-state index in [2.05, 4.69) is 27.9 Å². The quantitative estimate of drug-likeness (QED) is 0.442. The maximum Gasteiger partial charge on any atom is 0.229 e. The molecule has 1 heterocycles. The van der Waals surface area contributed by atoms with Crippen LogP contribution in [0.5, 0.6) is 0 Å². The highest BCUT2D eigenvalue weighted by Crippen LogP contribution is 2.11. The Labute approximate surface area is 102 Å². The number of halogens is 1. The van der Waals surface area contributed by atoms with Gasteiger partial charge in [0.25, 0.3) is 0 Å². The maximum absolute atomic E-state index is 11.2. The second-order valence-corrected chi connectivity index (χ2v) is 4.31. The number of rotatable bonds is 5. The average Bonchev–Trinajstić information content (AvgIpc) is 2.53. The zero-order chi connectivity index (χ0) is 11.3. The highest BCUT2D eigenvalue weighted by molar-refractivity contribution is 14.1. The third-order valence-corrected chi connectivity index (χ3v) is 2.67. The van der Waals surface area contributed by atoms with Gasteiger partial charge in [-0.15, -0.1) is 0 Å². The highest BCUT2D eigenvalue weighted by atomic mass is 127. The van der Waals surface area contributed by atoms with Crippen molar-refractivity contribution in [1.29, 1.82) is 0 Å². The van der Waals surface area contributed by atoms with Crippen LogP contribution < -0.4 is 5.32 Å². The molecule has 1 fully saturated rings. The fourth-order valence-corrected chi connectivity index (χ4v) is 1.63. The number of likely N-dealkylation sites (tertiary alicyclic amines) is 1. The van der Waals surface area contributed by atoms with E-state index in [1.54, 1.807) is 0 Å². The van der Waals surface area contributed by atoms with E-state index < -0.39 is 0 Å². The molecule has 0 bridgehead atoms. The summed E-state index contributed by atoms with van der Waals surface area (Å²) in [6.45, 7) is 0.839. The van der Waals surface area contributed by atoms with E-state index in [1.165, 1.54) is 4.90 Å². The molecule has 1 aliphatic rings. The Hall–Kier alpha value is -0.660. The number of hydrogen-bond donors (Lipinski definition) is 1. The lowest BCUT2D eigenvalue weighted by Gasteiger charge is -2.12. The van der Waals surface area contributed by atoms with Gasteiger partial charge >= 0.3 is 0 Å². The predicted molar refractivity (Wildman–Crippen MR) is 62.5 cm³/mol. The first-order valence-electron chi connectivity index (χ1n) is 4.81. The average molecular weight is 324 g/mol. The number of carbonyl (C=O) groups is 3. The van der Waals surface area contributed by atoms with Gasteiger partial charge in [0, 0.05) is 36.8 Å². The van der Waals surface area contributed by atoms with Crippen molar-refractivity contribution in [3.8, 4) is 0 Å². The normalized spacial score (nSPS) is 15.9. The van der Waals surface area contributed by atoms with Gasteiger partial charge in [-0.1, -0.05) is 22.6 Å². The minimum atomic E-state index is -0.165. The molecule has 0 unspecified atom stereocenters. The van der Waals surface area contributed by atoms with Crippen molar-refractivity contribution in [2.24, 2.45) is 0 Å². The summed E-state index contributed by atoms with van der Waals surface area (Å²) < 4.78 is 0.852. The highest BCUT2D eigenvalue weighted by Gasteiger charge is 2.28. The monoisotopic (exact) mass is 324 g/mol. The molecule has 0 atom stereocenters. The summed E-state index contributed by atoms with van der Waals surface area (Å²) in [6.07, 6.45) is 0.774. The second kappa shape index (κ2) is 6.04. The second-order valence-electron chi connectivity index (χ2n) is 3.23. The Kier molecular flexibility index (Phi) is 5.00. The Morgan fingerprint density at radius 2 is 1.93 bits per heavy atom. The molecular weight excluding hydrogens is 311 g/mol. The Balaban J connectivity index is 2.27. The Morgan fingerprint density at radius 1 is 1.33 bits per heavy atom. The molecule has 5 nitrogen and oxygen atoms in total. The topological polar surface area (TPSA) is 66.5 Å². The zero-order valence-electron chi connectivity index (χ0n) is 8.29. The van der Waals surface area contributed by atoms with Crippen LogP contribution >= 0.6 is 22.6 Å². The van der Waals surface area contributed by atoms with E-state index in [0.29, 0.717) is 6.54 Å². The van der Waals surface area contributed by atoms with Crippen molar-refractivity contribution < 1.29 is 14.4 Å². The van der Waals surface area contributed by atoms with Crippen LogP contribution in [-0.4, -0.2) is 40.1 Å². The van der Waals surface area contributed by atoms with Crippen LogP contribution in [0.3, 0.4) is 0 Å². The maximum atomic E-state index is 11.2. The molecular formula is C9H13IN2O3. The molecule has 84 valence electrons. The van der Waals surface area contributed by atoms with Gasteiger partial charge in [0.1, 0.15) is 0 Å². The molecule has 0 saturated carbocycles. The van der Waals surface area contributed by atoms with Crippen molar-refractivity contribution >= 4 is 40.3 Å². The van der Waals surface area contributed by atoms with E-state index >= 15 is 0 Å². The van der Waals surface area contributed by atoms with Gasteiger partial charge in [-0.05, 0) is 0 Å². The lowest BCUT2D eigenvalue weighted by atomic mass is 10.3. The van der Waals surface area contributed by atoms with Gasteiger partial charge in [-0.25, -0.2) is 0 Å². The first-order chi connectivity index (χ1) is 7.15. The number of nitrogens with one attached hydrogen (secondary N) is 1. The molecule has 0 aromatic heterocycles. The summed E-state index contributed by atoms with van der Waals surface area (Å²) in [4.78, 5) is 34.7. The fourth-order valence-electron chi connectivity index (χ4n) is 1.36. The van der Waals surface area contributed by atoms with Gasteiger partial charge in [-0.2, -0.15) is 0 Å². The van der Waals surface area contributed by atoms with Crippen molar-refractivity contribution in [2.45, 2.75) is 19.3 Å². The smallest absolute Gasteiger partial charge is 0.229 e. The number of hydrogen-bond acceptors (Lipinski definition) is 3. The zero-order valence-corrected chi connectivity index (χ0v) is 10.5. The molecule has 0 radical (unpaired) electrons. The van der Waals surface area contributed by atoms with Crippen LogP contribution in [-0.2, 0) is 14.4 Å². The first kappa shape index (κ1) is 12.4. The standard InChI is InChI=1S/C9H13IN2O3/c10-4-5-11-7(13)3-6-12-8(14)1-2-9(12)15/h1-6H2,(H,11,13). The van der Waals surface area contributed by atoms with Gasteiger partial charge < -0.3 is 5.32 Å². The van der Waals surface area contributed by atoms with Gasteiger partial charge in [0.2, 0.25) is 17.7 Å². The van der Waals surface area contributed by atoms with Crippen molar-refractivity contribution in [2.75, 3.05) is 17.5 Å². The third-order valence-electron chi connectivity index (χ3n) is 2.13. The van der Waals surface area contributed by atoms with Crippen molar-refractivity contribution in [3.63, 3.8) is 0 Å². The number of amides is 3. The molecule has 0 aliphatic carbocycles. The van der Waals surface area contributed by atoms with Crippen LogP contribution in [0.25, 0.3) is 0 Å². The molecule has 1 saturated heterocycles. The predicted octanol–water partition coefficient (Wildman–Crippen LogP) is 0.0767. The largest absolute Gasteiger partial charge is 0.355 e. The summed E-state index contributed by atoms with van der Waals surface area (Å²) in [5.74, 6) is -0.442. The van der Waals surface area contributed by atoms with E-state index in [1.807, 2.05) is 0 Å². The molecule has 6 heteroatoms. The van der Waals surface area contributed by atoms with Gasteiger partial charge in [0.05, 0.1) is 0 Å². The minimum absolute atomic E-state index is 0.112. The summed E-state index contributed by atoms with van der Waals surface area (Å²) in [5.41, 5.74) is 0. The van der Waals surface area contributed by atoms with Crippen molar-refractivity contribution in [1.82, 2.24) is 10.2 Å². The summed E-state index contributed by atoms with van der Waals surface area (Å²) in [6, 6.07) is 0. The molecule has 3 amide bonds. The molecule has 0 aromatic carbocycles. The molecule has 15 heavy (non-hydrogen) atoms. The Morgan fingerprint density at radius 3 is 2.47 bits per heavy atom. The van der Waals surface area contributed by atoms with E-state index in [9.17, 15) is 14.4 Å². The van der Waals surface area contributed by atoms with Crippen molar-refractivity contribution in [3.05, 3.63) is 0 Å². The Bertz CT molecular complexity index is 265. The minimum Gasteiger partial charge on any atom is -0.355 e. The van der Waals surface area contributed by atoms with E-state index in [-0.39, 0.29) is 43.5 Å². The molecule has 0 spiro atoms.